The summed E-state index contributed by atoms with van der Waals surface area (Å²) in [6, 6.07) is 12.0. The van der Waals surface area contributed by atoms with Gasteiger partial charge in [-0.05, 0) is 74.6 Å². The molecule has 0 saturated carbocycles. The van der Waals surface area contributed by atoms with Gasteiger partial charge in [0.15, 0.2) is 6.10 Å². The molecule has 0 heterocycles. The summed E-state index contributed by atoms with van der Waals surface area (Å²) in [6.07, 6.45) is 0.431. The largest absolute Gasteiger partial charge is 0.481 e. The van der Waals surface area contributed by atoms with Crippen molar-refractivity contribution in [2.24, 2.45) is 0 Å². The Morgan fingerprint density at radius 1 is 1.13 bits per heavy atom. The van der Waals surface area contributed by atoms with Gasteiger partial charge in [-0.15, -0.1) is 0 Å². The van der Waals surface area contributed by atoms with Crippen molar-refractivity contribution in [1.82, 2.24) is 0 Å². The average molecular weight is 311 g/mol. The van der Waals surface area contributed by atoms with E-state index in [1.54, 1.807) is 6.92 Å². The van der Waals surface area contributed by atoms with Crippen LogP contribution < -0.4 is 10.1 Å². The Labute approximate surface area is 138 Å². The maximum absolute atomic E-state index is 12.3. The molecule has 23 heavy (non-hydrogen) atoms. The van der Waals surface area contributed by atoms with Crippen molar-refractivity contribution in [2.75, 3.05) is 5.32 Å². The van der Waals surface area contributed by atoms with Gasteiger partial charge in [-0.2, -0.15) is 0 Å². The number of hydrogen-bond acceptors (Lipinski definition) is 2. The van der Waals surface area contributed by atoms with Crippen LogP contribution in [0.5, 0.6) is 5.75 Å². The monoisotopic (exact) mass is 311 g/mol. The molecule has 3 nitrogen and oxygen atoms in total. The number of anilines is 1. The Morgan fingerprint density at radius 2 is 1.78 bits per heavy atom. The zero-order chi connectivity index (χ0) is 17.0. The maximum atomic E-state index is 12.3. The summed E-state index contributed by atoms with van der Waals surface area (Å²) in [4.78, 5) is 12.3. The molecule has 2 aromatic carbocycles. The van der Waals surface area contributed by atoms with Gasteiger partial charge in [0, 0.05) is 5.69 Å². The molecule has 3 heteroatoms. The van der Waals surface area contributed by atoms with Crippen LogP contribution in [-0.4, -0.2) is 12.0 Å². The summed E-state index contributed by atoms with van der Waals surface area (Å²) >= 11 is 0. The normalized spacial score (nSPS) is 11.9. The van der Waals surface area contributed by atoms with Crippen molar-refractivity contribution in [1.29, 1.82) is 0 Å². The number of rotatable bonds is 5. The van der Waals surface area contributed by atoms with E-state index in [0.717, 1.165) is 29.0 Å². The van der Waals surface area contributed by atoms with Crippen LogP contribution in [0.15, 0.2) is 36.4 Å². The van der Waals surface area contributed by atoms with Crippen molar-refractivity contribution in [2.45, 2.75) is 47.1 Å². The fourth-order valence-corrected chi connectivity index (χ4v) is 2.43. The second-order valence-electron chi connectivity index (χ2n) is 6.00. The van der Waals surface area contributed by atoms with Gasteiger partial charge >= 0.3 is 0 Å². The molecule has 0 bridgehead atoms. The van der Waals surface area contributed by atoms with Crippen LogP contribution in [-0.2, 0) is 11.2 Å². The Bertz CT molecular complexity index is 690. The minimum absolute atomic E-state index is 0.146. The van der Waals surface area contributed by atoms with E-state index in [9.17, 15) is 4.79 Å². The van der Waals surface area contributed by atoms with Gasteiger partial charge in [-0.1, -0.05) is 25.1 Å². The lowest BCUT2D eigenvalue weighted by molar-refractivity contribution is -0.122. The molecule has 0 saturated heterocycles. The third-order valence-corrected chi connectivity index (χ3v) is 4.07. The molecule has 0 unspecified atom stereocenters. The molecule has 0 aliphatic heterocycles. The van der Waals surface area contributed by atoms with Crippen molar-refractivity contribution in [3.05, 3.63) is 58.7 Å². The number of aryl methyl sites for hydroxylation is 3. The lowest BCUT2D eigenvalue weighted by Gasteiger charge is -2.18. The van der Waals surface area contributed by atoms with Crippen LogP contribution in [0.25, 0.3) is 0 Å². The molecular weight excluding hydrogens is 286 g/mol. The molecule has 1 atom stereocenters. The minimum atomic E-state index is -0.555. The summed E-state index contributed by atoms with van der Waals surface area (Å²) in [6.45, 7) is 9.97. The van der Waals surface area contributed by atoms with E-state index < -0.39 is 6.10 Å². The molecular formula is C20H25NO2. The lowest BCUT2D eigenvalue weighted by Crippen LogP contribution is -2.30. The predicted molar refractivity (Wildman–Crippen MR) is 95.2 cm³/mol. The summed E-state index contributed by atoms with van der Waals surface area (Å²) in [5, 5.41) is 2.90. The van der Waals surface area contributed by atoms with E-state index in [1.807, 2.05) is 44.2 Å². The first-order valence-corrected chi connectivity index (χ1v) is 8.05. The molecule has 0 aliphatic carbocycles. The van der Waals surface area contributed by atoms with Crippen LogP contribution in [0.2, 0.25) is 0 Å². The summed E-state index contributed by atoms with van der Waals surface area (Å²) < 4.78 is 5.87. The summed E-state index contributed by atoms with van der Waals surface area (Å²) in [5.41, 5.74) is 5.41. The molecule has 122 valence electrons. The number of amides is 1. The first kappa shape index (κ1) is 17.1. The minimum Gasteiger partial charge on any atom is -0.481 e. The molecule has 0 aromatic heterocycles. The van der Waals surface area contributed by atoms with Gasteiger partial charge in [-0.3, -0.25) is 4.79 Å². The van der Waals surface area contributed by atoms with Gasteiger partial charge in [0.25, 0.3) is 5.91 Å². The molecule has 0 radical (unpaired) electrons. The van der Waals surface area contributed by atoms with E-state index >= 15 is 0 Å². The molecule has 2 rings (SSSR count). The number of ether oxygens (including phenoxy) is 1. The molecule has 0 aliphatic rings. The molecule has 2 aromatic rings. The third-order valence-electron chi connectivity index (χ3n) is 4.07. The molecule has 0 spiro atoms. The van der Waals surface area contributed by atoms with Crippen LogP contribution in [0, 0.1) is 20.8 Å². The lowest BCUT2D eigenvalue weighted by atomic mass is 10.1. The van der Waals surface area contributed by atoms with Crippen LogP contribution in [0.4, 0.5) is 5.69 Å². The Balaban J connectivity index is 2.05. The third kappa shape index (κ3) is 4.35. The SMILES string of the molecule is CCc1ccc(NC(=O)[C@H](C)Oc2cc(C)cc(C)c2C)cc1. The smallest absolute Gasteiger partial charge is 0.265 e. The van der Waals surface area contributed by atoms with Crippen LogP contribution >= 0.6 is 0 Å². The van der Waals surface area contributed by atoms with Crippen molar-refractivity contribution < 1.29 is 9.53 Å². The van der Waals surface area contributed by atoms with E-state index in [0.29, 0.717) is 0 Å². The van der Waals surface area contributed by atoms with Gasteiger partial charge in [0.2, 0.25) is 0 Å². The van der Waals surface area contributed by atoms with E-state index in [-0.39, 0.29) is 5.91 Å². The van der Waals surface area contributed by atoms with E-state index in [1.165, 1.54) is 11.1 Å². The summed E-state index contributed by atoms with van der Waals surface area (Å²) in [5.74, 6) is 0.624. The average Bonchev–Trinajstić information content (AvgIpc) is 2.52. The second-order valence-corrected chi connectivity index (χ2v) is 6.00. The summed E-state index contributed by atoms with van der Waals surface area (Å²) in [7, 11) is 0. The van der Waals surface area contributed by atoms with E-state index in [2.05, 4.69) is 25.2 Å². The highest BCUT2D eigenvalue weighted by atomic mass is 16.5. The highest BCUT2D eigenvalue weighted by Crippen LogP contribution is 2.24. The number of carbonyl (C=O) groups excluding carboxylic acids is 1. The first-order valence-electron chi connectivity index (χ1n) is 8.05. The van der Waals surface area contributed by atoms with Crippen molar-refractivity contribution >= 4 is 11.6 Å². The second kappa shape index (κ2) is 7.32. The van der Waals surface area contributed by atoms with Gasteiger partial charge in [-0.25, -0.2) is 0 Å². The highest BCUT2D eigenvalue weighted by molar-refractivity contribution is 5.94. The number of carbonyl (C=O) groups is 1. The Morgan fingerprint density at radius 3 is 2.39 bits per heavy atom. The number of benzene rings is 2. The topological polar surface area (TPSA) is 38.3 Å². The standard InChI is InChI=1S/C20H25NO2/c1-6-17-7-9-18(10-8-17)21-20(22)16(5)23-19-12-13(2)11-14(3)15(19)4/h7-12,16H,6H2,1-5H3,(H,21,22)/t16-/m0/s1. The maximum Gasteiger partial charge on any atom is 0.265 e. The fourth-order valence-electron chi connectivity index (χ4n) is 2.43. The molecule has 1 amide bonds. The van der Waals surface area contributed by atoms with Gasteiger partial charge in [0.05, 0.1) is 0 Å². The van der Waals surface area contributed by atoms with Crippen LogP contribution in [0.1, 0.15) is 36.1 Å². The zero-order valence-corrected chi connectivity index (χ0v) is 14.6. The molecule has 0 fully saturated rings. The zero-order valence-electron chi connectivity index (χ0n) is 14.6. The highest BCUT2D eigenvalue weighted by Gasteiger charge is 2.16. The number of hydrogen-bond donors (Lipinski definition) is 1. The first-order chi connectivity index (χ1) is 10.9. The predicted octanol–water partition coefficient (Wildman–Crippen LogP) is 4.58. The van der Waals surface area contributed by atoms with E-state index in [4.69, 9.17) is 4.74 Å². The van der Waals surface area contributed by atoms with Gasteiger partial charge < -0.3 is 10.1 Å². The fraction of sp³-hybridized carbons (Fsp3) is 0.350. The molecule has 1 N–H and O–H groups in total. The van der Waals surface area contributed by atoms with Crippen molar-refractivity contribution in [3.8, 4) is 5.75 Å². The van der Waals surface area contributed by atoms with Crippen molar-refractivity contribution in [3.63, 3.8) is 0 Å². The number of nitrogens with one attached hydrogen (secondary N) is 1. The Hall–Kier alpha value is -2.29. The Kier molecular flexibility index (Phi) is 5.43. The van der Waals surface area contributed by atoms with Crippen LogP contribution in [0.3, 0.4) is 0 Å². The quantitative estimate of drug-likeness (QED) is 0.877. The van der Waals surface area contributed by atoms with Gasteiger partial charge in [0.1, 0.15) is 5.75 Å².